The lowest BCUT2D eigenvalue weighted by atomic mass is 10.2. The molecule has 4 rings (SSSR count). The first-order chi connectivity index (χ1) is 11.3. The first-order valence-electron chi connectivity index (χ1n) is 8.09. The highest BCUT2D eigenvalue weighted by Gasteiger charge is 2.27. The summed E-state index contributed by atoms with van der Waals surface area (Å²) in [6, 6.07) is 3.78. The second kappa shape index (κ2) is 6.31. The third-order valence-corrected chi connectivity index (χ3v) is 5.18. The highest BCUT2D eigenvalue weighted by atomic mass is 32.2. The number of nitrogens with zero attached hydrogens (tertiary/aromatic N) is 4. The van der Waals surface area contributed by atoms with Crippen molar-refractivity contribution in [1.29, 1.82) is 0 Å². The van der Waals surface area contributed by atoms with Gasteiger partial charge in [0.15, 0.2) is 5.82 Å². The van der Waals surface area contributed by atoms with E-state index in [2.05, 4.69) is 20.2 Å². The predicted molar refractivity (Wildman–Crippen MR) is 87.3 cm³/mol. The Kier molecular flexibility index (Phi) is 4.03. The van der Waals surface area contributed by atoms with Gasteiger partial charge in [-0.1, -0.05) is 11.8 Å². The molecule has 0 atom stereocenters. The Balaban J connectivity index is 1.34. The van der Waals surface area contributed by atoms with E-state index in [9.17, 15) is 4.79 Å². The first kappa shape index (κ1) is 14.7. The SMILES string of the molecule is O=C(c1ccc(SCc2nc(C3CC3)n[nH]2)nc1)N1CCCC1. The Bertz CT molecular complexity index is 689. The summed E-state index contributed by atoms with van der Waals surface area (Å²) >= 11 is 1.60. The second-order valence-electron chi connectivity index (χ2n) is 6.09. The van der Waals surface area contributed by atoms with Crippen LogP contribution in [0.5, 0.6) is 0 Å². The lowest BCUT2D eigenvalue weighted by molar-refractivity contribution is 0.0792. The molecule has 0 bridgehead atoms. The number of amides is 1. The van der Waals surface area contributed by atoms with E-state index in [0.29, 0.717) is 17.2 Å². The van der Waals surface area contributed by atoms with E-state index in [1.165, 1.54) is 12.8 Å². The fourth-order valence-corrected chi connectivity index (χ4v) is 3.44. The van der Waals surface area contributed by atoms with Crippen molar-refractivity contribution in [2.75, 3.05) is 13.1 Å². The van der Waals surface area contributed by atoms with Crippen molar-refractivity contribution in [1.82, 2.24) is 25.1 Å². The van der Waals surface area contributed by atoms with Crippen LogP contribution in [0.2, 0.25) is 0 Å². The minimum Gasteiger partial charge on any atom is -0.339 e. The summed E-state index contributed by atoms with van der Waals surface area (Å²) in [5.74, 6) is 3.21. The van der Waals surface area contributed by atoms with Gasteiger partial charge in [0.25, 0.3) is 5.91 Å². The van der Waals surface area contributed by atoms with E-state index in [4.69, 9.17) is 0 Å². The standard InChI is InChI=1S/C16H19N5OS/c22-16(21-7-1-2-8-21)12-5-6-14(17-9-12)23-10-13-18-15(20-19-13)11-3-4-11/h5-6,9,11H,1-4,7-8,10H2,(H,18,19,20). The van der Waals surface area contributed by atoms with Gasteiger partial charge in [-0.15, -0.1) is 0 Å². The van der Waals surface area contributed by atoms with Gasteiger partial charge in [0, 0.05) is 25.2 Å². The van der Waals surface area contributed by atoms with Gasteiger partial charge >= 0.3 is 0 Å². The smallest absolute Gasteiger partial charge is 0.255 e. The summed E-state index contributed by atoms with van der Waals surface area (Å²) in [7, 11) is 0. The number of hydrogen-bond acceptors (Lipinski definition) is 5. The minimum atomic E-state index is 0.0934. The molecule has 2 aliphatic rings. The largest absolute Gasteiger partial charge is 0.339 e. The van der Waals surface area contributed by atoms with Crippen LogP contribution in [0.25, 0.3) is 0 Å². The van der Waals surface area contributed by atoms with Crippen LogP contribution in [-0.4, -0.2) is 44.1 Å². The molecule has 2 aromatic heterocycles. The number of nitrogens with one attached hydrogen (secondary N) is 1. The molecule has 0 spiro atoms. The molecule has 23 heavy (non-hydrogen) atoms. The maximum Gasteiger partial charge on any atom is 0.255 e. The van der Waals surface area contributed by atoms with Crippen molar-refractivity contribution in [3.8, 4) is 0 Å². The van der Waals surface area contributed by atoms with Crippen LogP contribution in [0, 0.1) is 0 Å². The predicted octanol–water partition coefficient (Wildman–Crippen LogP) is 2.61. The molecule has 0 radical (unpaired) electrons. The van der Waals surface area contributed by atoms with Crippen molar-refractivity contribution >= 4 is 17.7 Å². The summed E-state index contributed by atoms with van der Waals surface area (Å²) < 4.78 is 0. The summed E-state index contributed by atoms with van der Waals surface area (Å²) in [5.41, 5.74) is 0.673. The number of H-pyrrole nitrogens is 1. The van der Waals surface area contributed by atoms with Crippen molar-refractivity contribution in [2.45, 2.75) is 42.4 Å². The van der Waals surface area contributed by atoms with E-state index in [0.717, 1.165) is 42.6 Å². The fourth-order valence-electron chi connectivity index (χ4n) is 2.74. The molecule has 0 aromatic carbocycles. The molecule has 1 amide bonds. The number of carbonyl (C=O) groups excluding carboxylic acids is 1. The number of aromatic nitrogens is 4. The third-order valence-electron chi connectivity index (χ3n) is 4.22. The lowest BCUT2D eigenvalue weighted by Gasteiger charge is -2.14. The molecule has 120 valence electrons. The van der Waals surface area contributed by atoms with Crippen molar-refractivity contribution in [3.63, 3.8) is 0 Å². The maximum absolute atomic E-state index is 12.3. The van der Waals surface area contributed by atoms with Crippen molar-refractivity contribution < 1.29 is 4.79 Å². The Hall–Kier alpha value is -1.89. The van der Waals surface area contributed by atoms with Gasteiger partial charge in [0.2, 0.25) is 0 Å². The van der Waals surface area contributed by atoms with Crippen LogP contribution < -0.4 is 0 Å². The molecule has 1 saturated carbocycles. The van der Waals surface area contributed by atoms with E-state index >= 15 is 0 Å². The normalized spacial score (nSPS) is 17.7. The van der Waals surface area contributed by atoms with Crippen LogP contribution in [0.3, 0.4) is 0 Å². The Labute approximate surface area is 139 Å². The first-order valence-corrected chi connectivity index (χ1v) is 9.07. The summed E-state index contributed by atoms with van der Waals surface area (Å²) in [6.45, 7) is 1.73. The molecule has 7 heteroatoms. The molecular formula is C16H19N5OS. The molecular weight excluding hydrogens is 310 g/mol. The number of thioether (sulfide) groups is 1. The summed E-state index contributed by atoms with van der Waals surface area (Å²) in [4.78, 5) is 23.1. The van der Waals surface area contributed by atoms with Crippen LogP contribution in [0.4, 0.5) is 0 Å². The van der Waals surface area contributed by atoms with Gasteiger partial charge in [-0.05, 0) is 37.8 Å². The zero-order chi connectivity index (χ0) is 15.6. The molecule has 0 unspecified atom stereocenters. The maximum atomic E-state index is 12.3. The monoisotopic (exact) mass is 329 g/mol. The number of rotatable bonds is 5. The molecule has 1 saturated heterocycles. The summed E-state index contributed by atoms with van der Waals surface area (Å²) in [5, 5.41) is 8.14. The number of hydrogen-bond donors (Lipinski definition) is 1. The minimum absolute atomic E-state index is 0.0934. The highest BCUT2D eigenvalue weighted by molar-refractivity contribution is 7.98. The van der Waals surface area contributed by atoms with E-state index in [1.807, 2.05) is 17.0 Å². The quantitative estimate of drug-likeness (QED) is 0.854. The molecule has 2 aromatic rings. The van der Waals surface area contributed by atoms with E-state index in [1.54, 1.807) is 18.0 Å². The van der Waals surface area contributed by atoms with Crippen LogP contribution >= 0.6 is 11.8 Å². The molecule has 6 nitrogen and oxygen atoms in total. The van der Waals surface area contributed by atoms with Crippen LogP contribution in [0.1, 0.15) is 53.6 Å². The number of pyridine rings is 1. The molecule has 3 heterocycles. The highest BCUT2D eigenvalue weighted by Crippen LogP contribution is 2.38. The zero-order valence-corrected chi connectivity index (χ0v) is 13.7. The molecule has 1 aliphatic carbocycles. The lowest BCUT2D eigenvalue weighted by Crippen LogP contribution is -2.27. The Morgan fingerprint density at radius 1 is 1.30 bits per heavy atom. The van der Waals surface area contributed by atoms with Crippen LogP contribution in [-0.2, 0) is 5.75 Å². The van der Waals surface area contributed by atoms with Gasteiger partial charge in [-0.2, -0.15) is 5.10 Å². The fraction of sp³-hybridized carbons (Fsp3) is 0.500. The van der Waals surface area contributed by atoms with Gasteiger partial charge < -0.3 is 4.90 Å². The molecule has 2 fully saturated rings. The topological polar surface area (TPSA) is 74.8 Å². The number of aromatic amines is 1. The molecule has 1 N–H and O–H groups in total. The third kappa shape index (κ3) is 3.39. The summed E-state index contributed by atoms with van der Waals surface area (Å²) in [6.07, 6.45) is 6.30. The van der Waals surface area contributed by atoms with Crippen LogP contribution in [0.15, 0.2) is 23.4 Å². The van der Waals surface area contributed by atoms with Gasteiger partial charge in [-0.25, -0.2) is 9.97 Å². The number of likely N-dealkylation sites (tertiary alicyclic amines) is 1. The Morgan fingerprint density at radius 2 is 2.13 bits per heavy atom. The van der Waals surface area contributed by atoms with E-state index in [-0.39, 0.29) is 5.91 Å². The van der Waals surface area contributed by atoms with Crippen molar-refractivity contribution in [3.05, 3.63) is 35.5 Å². The van der Waals surface area contributed by atoms with E-state index < -0.39 is 0 Å². The molecule has 1 aliphatic heterocycles. The van der Waals surface area contributed by atoms with Gasteiger partial charge in [-0.3, -0.25) is 9.89 Å². The van der Waals surface area contributed by atoms with Gasteiger partial charge in [0.1, 0.15) is 5.82 Å². The average molecular weight is 329 g/mol. The van der Waals surface area contributed by atoms with Crippen molar-refractivity contribution in [2.24, 2.45) is 0 Å². The second-order valence-corrected chi connectivity index (χ2v) is 7.08. The number of carbonyl (C=O) groups is 1. The average Bonchev–Trinajstić information content (AvgIpc) is 3.11. The van der Waals surface area contributed by atoms with Gasteiger partial charge in [0.05, 0.1) is 16.3 Å². The zero-order valence-electron chi connectivity index (χ0n) is 12.9. The Morgan fingerprint density at radius 3 is 2.83 bits per heavy atom.